The molecule has 6 heteroatoms. The smallest absolute Gasteiger partial charge is 0.191 e. The van der Waals surface area contributed by atoms with Gasteiger partial charge in [-0.2, -0.15) is 11.8 Å². The van der Waals surface area contributed by atoms with Crippen molar-refractivity contribution >= 4 is 41.7 Å². The standard InChI is InChI=1S/C17H36N4S.HI/c1-17(2,22-4)15-20-16(18-3)19-11-7-5-8-12-21-13-9-6-10-14-21;/h5-15H2,1-4H3,(H2,18,19,20);1H. The van der Waals surface area contributed by atoms with Gasteiger partial charge < -0.3 is 15.5 Å². The van der Waals surface area contributed by atoms with Gasteiger partial charge in [0.25, 0.3) is 0 Å². The Morgan fingerprint density at radius 3 is 2.39 bits per heavy atom. The van der Waals surface area contributed by atoms with Crippen molar-refractivity contribution < 1.29 is 0 Å². The molecule has 0 aliphatic carbocycles. The van der Waals surface area contributed by atoms with Crippen molar-refractivity contribution in [2.24, 2.45) is 4.99 Å². The summed E-state index contributed by atoms with van der Waals surface area (Å²) < 4.78 is 0.242. The molecule has 0 aromatic rings. The molecule has 0 saturated carbocycles. The second-order valence-electron chi connectivity index (χ2n) is 6.78. The number of halogens is 1. The number of piperidine rings is 1. The van der Waals surface area contributed by atoms with E-state index >= 15 is 0 Å². The summed E-state index contributed by atoms with van der Waals surface area (Å²) in [5.74, 6) is 0.929. The van der Waals surface area contributed by atoms with Gasteiger partial charge in [-0.3, -0.25) is 4.99 Å². The van der Waals surface area contributed by atoms with Crippen LogP contribution in [0.4, 0.5) is 0 Å². The second kappa shape index (κ2) is 13.6. The Morgan fingerprint density at radius 2 is 1.78 bits per heavy atom. The van der Waals surface area contributed by atoms with Gasteiger partial charge in [0.2, 0.25) is 0 Å². The number of unbranched alkanes of at least 4 members (excludes halogenated alkanes) is 2. The maximum Gasteiger partial charge on any atom is 0.191 e. The topological polar surface area (TPSA) is 39.7 Å². The maximum absolute atomic E-state index is 4.29. The van der Waals surface area contributed by atoms with Crippen LogP contribution < -0.4 is 10.6 Å². The van der Waals surface area contributed by atoms with Gasteiger partial charge in [-0.15, -0.1) is 24.0 Å². The van der Waals surface area contributed by atoms with Crippen LogP contribution in [-0.4, -0.2) is 61.6 Å². The molecule has 1 aliphatic heterocycles. The van der Waals surface area contributed by atoms with E-state index in [1.807, 2.05) is 18.8 Å². The molecule has 1 fully saturated rings. The van der Waals surface area contributed by atoms with E-state index in [2.05, 4.69) is 40.6 Å². The van der Waals surface area contributed by atoms with E-state index in [0.717, 1.165) is 19.0 Å². The zero-order valence-electron chi connectivity index (χ0n) is 15.5. The number of rotatable bonds is 9. The molecule has 0 atom stereocenters. The number of likely N-dealkylation sites (tertiary alicyclic amines) is 1. The third-order valence-electron chi connectivity index (χ3n) is 4.35. The Hall–Kier alpha value is 0.310. The number of hydrogen-bond donors (Lipinski definition) is 2. The molecule has 2 N–H and O–H groups in total. The first-order chi connectivity index (χ1) is 10.6. The van der Waals surface area contributed by atoms with Crippen LogP contribution in [0.2, 0.25) is 0 Å². The normalized spacial score (nSPS) is 16.8. The Labute approximate surface area is 165 Å². The molecule has 0 unspecified atom stereocenters. The molecule has 1 heterocycles. The Bertz CT molecular complexity index is 318. The quantitative estimate of drug-likeness (QED) is 0.241. The first-order valence-corrected chi connectivity index (χ1v) is 10.0. The monoisotopic (exact) mass is 456 g/mol. The molecule has 0 bridgehead atoms. The summed E-state index contributed by atoms with van der Waals surface area (Å²) in [6.45, 7) is 10.4. The minimum absolute atomic E-state index is 0. The lowest BCUT2D eigenvalue weighted by Gasteiger charge is -2.26. The number of hydrogen-bond acceptors (Lipinski definition) is 3. The predicted molar refractivity (Wildman–Crippen MR) is 117 cm³/mol. The van der Waals surface area contributed by atoms with Crippen molar-refractivity contribution in [1.82, 2.24) is 15.5 Å². The van der Waals surface area contributed by atoms with Crippen molar-refractivity contribution in [3.63, 3.8) is 0 Å². The highest BCUT2D eigenvalue weighted by atomic mass is 127. The van der Waals surface area contributed by atoms with Gasteiger partial charge in [0.1, 0.15) is 0 Å². The summed E-state index contributed by atoms with van der Waals surface area (Å²) in [6.07, 6.45) is 10.2. The summed E-state index contributed by atoms with van der Waals surface area (Å²) in [6, 6.07) is 0. The van der Waals surface area contributed by atoms with E-state index in [1.54, 1.807) is 0 Å². The average molecular weight is 456 g/mol. The molecular formula is C17H37IN4S. The van der Waals surface area contributed by atoms with E-state index in [9.17, 15) is 0 Å². The average Bonchev–Trinajstić information content (AvgIpc) is 2.54. The van der Waals surface area contributed by atoms with Crippen molar-refractivity contribution in [2.45, 2.75) is 57.1 Å². The van der Waals surface area contributed by atoms with Gasteiger partial charge in [-0.1, -0.05) is 12.8 Å². The lowest BCUT2D eigenvalue weighted by molar-refractivity contribution is 0.224. The van der Waals surface area contributed by atoms with Crippen LogP contribution in [0.25, 0.3) is 0 Å². The Kier molecular flexibility index (Phi) is 13.8. The van der Waals surface area contributed by atoms with Gasteiger partial charge in [0.05, 0.1) is 0 Å². The van der Waals surface area contributed by atoms with Crippen molar-refractivity contribution in [1.29, 1.82) is 0 Å². The Morgan fingerprint density at radius 1 is 1.09 bits per heavy atom. The number of nitrogens with one attached hydrogen (secondary N) is 2. The second-order valence-corrected chi connectivity index (χ2v) is 8.29. The molecule has 1 rings (SSSR count). The number of guanidine groups is 1. The molecular weight excluding hydrogens is 419 g/mol. The first kappa shape index (κ1) is 23.3. The third-order valence-corrected chi connectivity index (χ3v) is 5.60. The maximum atomic E-state index is 4.29. The number of nitrogens with zero attached hydrogens (tertiary/aromatic N) is 2. The molecule has 0 spiro atoms. The zero-order valence-corrected chi connectivity index (χ0v) is 18.6. The van der Waals surface area contributed by atoms with Crippen LogP contribution in [0.5, 0.6) is 0 Å². The van der Waals surface area contributed by atoms with Crippen LogP contribution in [0, 0.1) is 0 Å². The van der Waals surface area contributed by atoms with Crippen LogP contribution in [0.1, 0.15) is 52.4 Å². The van der Waals surface area contributed by atoms with Gasteiger partial charge in [-0.05, 0) is 65.4 Å². The summed E-state index contributed by atoms with van der Waals surface area (Å²) >= 11 is 1.88. The predicted octanol–water partition coefficient (Wildman–Crippen LogP) is 3.57. The van der Waals surface area contributed by atoms with E-state index in [0.29, 0.717) is 0 Å². The first-order valence-electron chi connectivity index (χ1n) is 8.79. The zero-order chi connectivity index (χ0) is 16.3. The highest BCUT2D eigenvalue weighted by Crippen LogP contribution is 2.19. The van der Waals surface area contributed by atoms with Crippen LogP contribution in [-0.2, 0) is 0 Å². The van der Waals surface area contributed by atoms with Crippen LogP contribution in [0.15, 0.2) is 4.99 Å². The largest absolute Gasteiger partial charge is 0.356 e. The molecule has 4 nitrogen and oxygen atoms in total. The van der Waals surface area contributed by atoms with Gasteiger partial charge >= 0.3 is 0 Å². The minimum atomic E-state index is 0. The minimum Gasteiger partial charge on any atom is -0.356 e. The molecule has 23 heavy (non-hydrogen) atoms. The lowest BCUT2D eigenvalue weighted by Crippen LogP contribution is -2.43. The van der Waals surface area contributed by atoms with Crippen molar-refractivity contribution in [3.05, 3.63) is 0 Å². The lowest BCUT2D eigenvalue weighted by atomic mass is 10.1. The fraction of sp³-hybridized carbons (Fsp3) is 0.941. The van der Waals surface area contributed by atoms with Gasteiger partial charge in [0, 0.05) is 24.9 Å². The molecule has 1 aliphatic rings. The Balaban J connectivity index is 0.00000484. The molecule has 0 radical (unpaired) electrons. The summed E-state index contributed by atoms with van der Waals surface area (Å²) in [7, 11) is 1.85. The SMILES string of the molecule is CN=C(NCCCCCN1CCCCC1)NCC(C)(C)SC.I. The number of aliphatic imine (C=N–C) groups is 1. The number of thioether (sulfide) groups is 1. The van der Waals surface area contributed by atoms with E-state index in [1.165, 1.54) is 58.2 Å². The van der Waals surface area contributed by atoms with Gasteiger partial charge in [-0.25, -0.2) is 0 Å². The molecule has 0 aromatic carbocycles. The molecule has 1 saturated heterocycles. The summed E-state index contributed by atoms with van der Waals surface area (Å²) in [5, 5.41) is 6.83. The third kappa shape index (κ3) is 11.5. The summed E-state index contributed by atoms with van der Waals surface area (Å²) in [4.78, 5) is 6.92. The van der Waals surface area contributed by atoms with Crippen LogP contribution >= 0.6 is 35.7 Å². The fourth-order valence-corrected chi connectivity index (χ4v) is 2.83. The van der Waals surface area contributed by atoms with E-state index in [-0.39, 0.29) is 28.7 Å². The molecule has 138 valence electrons. The fourth-order valence-electron chi connectivity index (χ4n) is 2.62. The van der Waals surface area contributed by atoms with Gasteiger partial charge in [0.15, 0.2) is 5.96 Å². The van der Waals surface area contributed by atoms with Crippen molar-refractivity contribution in [3.8, 4) is 0 Å². The van der Waals surface area contributed by atoms with Crippen molar-refractivity contribution in [2.75, 3.05) is 46.0 Å². The van der Waals surface area contributed by atoms with E-state index in [4.69, 9.17) is 0 Å². The molecule has 0 amide bonds. The van der Waals surface area contributed by atoms with Crippen LogP contribution in [0.3, 0.4) is 0 Å². The highest BCUT2D eigenvalue weighted by molar-refractivity contribution is 14.0. The molecule has 0 aromatic heterocycles. The summed E-state index contributed by atoms with van der Waals surface area (Å²) in [5.41, 5.74) is 0. The van der Waals surface area contributed by atoms with E-state index < -0.39 is 0 Å². The highest BCUT2D eigenvalue weighted by Gasteiger charge is 2.15.